The average molecular weight is 421 g/mol. The van der Waals surface area contributed by atoms with Crippen molar-refractivity contribution in [1.82, 2.24) is 9.80 Å². The van der Waals surface area contributed by atoms with Gasteiger partial charge in [0.05, 0.1) is 13.2 Å². The molecule has 1 saturated carbocycles. The molecule has 1 aliphatic heterocycles. The lowest BCUT2D eigenvalue weighted by atomic mass is 9.83. The Morgan fingerprint density at radius 1 is 1.10 bits per heavy atom. The maximum atomic E-state index is 13.2. The quantitative estimate of drug-likeness (QED) is 0.741. The molecule has 2 aromatic rings. The minimum Gasteiger partial charge on any atom is -0.361 e. The highest BCUT2D eigenvalue weighted by Gasteiger charge is 2.47. The highest BCUT2D eigenvalue weighted by Crippen LogP contribution is 2.32. The first-order valence-electron chi connectivity index (χ1n) is 11.2. The summed E-state index contributed by atoms with van der Waals surface area (Å²) in [6.45, 7) is 3.36. The van der Waals surface area contributed by atoms with Crippen molar-refractivity contribution < 1.29 is 14.3 Å². The van der Waals surface area contributed by atoms with Gasteiger partial charge in [-0.25, -0.2) is 0 Å². The van der Waals surface area contributed by atoms with Crippen LogP contribution in [-0.2, 0) is 20.7 Å². The molecule has 1 heterocycles. The van der Waals surface area contributed by atoms with Crippen LogP contribution < -0.4 is 0 Å². The molecule has 2 amide bonds. The first-order chi connectivity index (χ1) is 14.9. The van der Waals surface area contributed by atoms with Crippen LogP contribution >= 0.6 is 0 Å². The Balaban J connectivity index is 1.56. The molecule has 5 nitrogen and oxygen atoms in total. The summed E-state index contributed by atoms with van der Waals surface area (Å²) in [5.41, 5.74) is 3.54. The molecule has 2 fully saturated rings. The van der Waals surface area contributed by atoms with Crippen LogP contribution in [0.1, 0.15) is 30.4 Å². The normalized spacial score (nSPS) is 21.5. The molecule has 1 aliphatic carbocycles. The second-order valence-electron chi connectivity index (χ2n) is 9.17. The number of carbonyl (C=O) groups is 2. The number of ether oxygens (including phenoxy) is 1. The van der Waals surface area contributed by atoms with Gasteiger partial charge >= 0.3 is 0 Å². The van der Waals surface area contributed by atoms with Crippen LogP contribution in [0.5, 0.6) is 0 Å². The molecular formula is C26H32N2O3. The fourth-order valence-electron chi connectivity index (χ4n) is 4.57. The number of likely N-dealkylation sites (N-methyl/N-ethyl adjacent to an activating group) is 1. The zero-order valence-electron chi connectivity index (χ0n) is 18.8. The summed E-state index contributed by atoms with van der Waals surface area (Å²) < 4.78 is 6.15. The van der Waals surface area contributed by atoms with E-state index in [-0.39, 0.29) is 17.7 Å². The molecule has 0 unspecified atom stereocenters. The van der Waals surface area contributed by atoms with Gasteiger partial charge in [0.15, 0.2) is 5.60 Å². The Hall–Kier alpha value is -2.66. The summed E-state index contributed by atoms with van der Waals surface area (Å²) in [5, 5.41) is 0. The number of carbonyl (C=O) groups excluding carboxylic acids is 2. The lowest BCUT2D eigenvalue weighted by Gasteiger charge is -2.44. The topological polar surface area (TPSA) is 49.9 Å². The highest BCUT2D eigenvalue weighted by atomic mass is 16.5. The summed E-state index contributed by atoms with van der Waals surface area (Å²) in [6.07, 6.45) is 3.50. The van der Waals surface area contributed by atoms with E-state index in [4.69, 9.17) is 4.74 Å². The smallest absolute Gasteiger partial charge is 0.256 e. The number of aryl methyl sites for hydroxylation is 1. The minimum atomic E-state index is -1.04. The van der Waals surface area contributed by atoms with Crippen LogP contribution in [0, 0.1) is 12.8 Å². The Morgan fingerprint density at radius 2 is 1.84 bits per heavy atom. The maximum absolute atomic E-state index is 13.2. The van der Waals surface area contributed by atoms with Gasteiger partial charge in [0.2, 0.25) is 5.91 Å². The molecule has 2 aromatic carbocycles. The van der Waals surface area contributed by atoms with Crippen LogP contribution in [-0.4, -0.2) is 61.0 Å². The third-order valence-corrected chi connectivity index (χ3v) is 6.54. The van der Waals surface area contributed by atoms with Gasteiger partial charge in [-0.2, -0.15) is 0 Å². The fraction of sp³-hybridized carbons (Fsp3) is 0.462. The standard InChI is InChI=1S/C26H32N2O3/c1-19-6-4-9-23(16-19)21-12-10-20(11-13-21)17-26(25(30)27(2)3)18-28(14-15-31-26)24(29)22-7-5-8-22/h4,6,9-13,16,22H,5,7-8,14-15,17-18H2,1-3H3/t26-/m0/s1. The van der Waals surface area contributed by atoms with E-state index in [1.807, 2.05) is 4.90 Å². The first kappa shape index (κ1) is 21.6. The lowest BCUT2D eigenvalue weighted by Crippen LogP contribution is -2.62. The van der Waals surface area contributed by atoms with Gasteiger partial charge in [0.1, 0.15) is 0 Å². The molecule has 0 radical (unpaired) electrons. The molecule has 31 heavy (non-hydrogen) atoms. The molecule has 0 bridgehead atoms. The van der Waals surface area contributed by atoms with Gasteiger partial charge in [-0.1, -0.05) is 60.5 Å². The number of amides is 2. The Bertz CT molecular complexity index is 949. The largest absolute Gasteiger partial charge is 0.361 e. The molecular weight excluding hydrogens is 388 g/mol. The monoisotopic (exact) mass is 420 g/mol. The van der Waals surface area contributed by atoms with E-state index < -0.39 is 5.60 Å². The molecule has 4 rings (SSSR count). The Labute approximate surface area is 185 Å². The summed E-state index contributed by atoms with van der Waals surface area (Å²) in [4.78, 5) is 29.6. The number of morpholine rings is 1. The molecule has 164 valence electrons. The molecule has 0 N–H and O–H groups in total. The van der Waals surface area contributed by atoms with Crippen LogP contribution in [0.15, 0.2) is 48.5 Å². The summed E-state index contributed by atoms with van der Waals surface area (Å²) in [7, 11) is 3.50. The van der Waals surface area contributed by atoms with Crippen molar-refractivity contribution in [3.05, 3.63) is 59.7 Å². The second kappa shape index (κ2) is 8.83. The van der Waals surface area contributed by atoms with E-state index in [1.165, 1.54) is 11.1 Å². The van der Waals surface area contributed by atoms with Crippen molar-refractivity contribution >= 4 is 11.8 Å². The van der Waals surface area contributed by atoms with E-state index in [0.29, 0.717) is 26.1 Å². The zero-order valence-corrected chi connectivity index (χ0v) is 18.8. The van der Waals surface area contributed by atoms with Crippen molar-refractivity contribution in [2.75, 3.05) is 33.8 Å². The van der Waals surface area contributed by atoms with Crippen LogP contribution in [0.3, 0.4) is 0 Å². The number of hydrogen-bond donors (Lipinski definition) is 0. The van der Waals surface area contributed by atoms with Crippen molar-refractivity contribution in [2.45, 2.75) is 38.2 Å². The lowest BCUT2D eigenvalue weighted by molar-refractivity contribution is -0.174. The summed E-state index contributed by atoms with van der Waals surface area (Å²) >= 11 is 0. The molecule has 0 spiro atoms. The van der Waals surface area contributed by atoms with E-state index in [2.05, 4.69) is 55.5 Å². The molecule has 2 aliphatic rings. The van der Waals surface area contributed by atoms with Crippen molar-refractivity contribution in [2.24, 2.45) is 5.92 Å². The third-order valence-electron chi connectivity index (χ3n) is 6.54. The van der Waals surface area contributed by atoms with Crippen molar-refractivity contribution in [1.29, 1.82) is 0 Å². The number of benzene rings is 2. The zero-order chi connectivity index (χ0) is 22.0. The van der Waals surface area contributed by atoms with Crippen LogP contribution in [0.25, 0.3) is 11.1 Å². The van der Waals surface area contributed by atoms with E-state index >= 15 is 0 Å². The van der Waals surface area contributed by atoms with Gasteiger partial charge in [-0.05, 0) is 36.5 Å². The van der Waals surface area contributed by atoms with E-state index in [9.17, 15) is 9.59 Å². The van der Waals surface area contributed by atoms with Gasteiger partial charge in [-0.3, -0.25) is 9.59 Å². The molecule has 1 atom stereocenters. The Kier molecular flexibility index (Phi) is 6.15. The predicted molar refractivity (Wildman–Crippen MR) is 122 cm³/mol. The maximum Gasteiger partial charge on any atom is 0.256 e. The van der Waals surface area contributed by atoms with Crippen LogP contribution in [0.4, 0.5) is 0 Å². The fourth-order valence-corrected chi connectivity index (χ4v) is 4.57. The molecule has 5 heteroatoms. The molecule has 1 saturated heterocycles. The van der Waals surface area contributed by atoms with Gasteiger partial charge in [0, 0.05) is 33.0 Å². The third kappa shape index (κ3) is 4.52. The second-order valence-corrected chi connectivity index (χ2v) is 9.17. The molecule has 0 aromatic heterocycles. The van der Waals surface area contributed by atoms with Gasteiger partial charge in [0.25, 0.3) is 5.91 Å². The van der Waals surface area contributed by atoms with Crippen molar-refractivity contribution in [3.63, 3.8) is 0 Å². The van der Waals surface area contributed by atoms with Gasteiger partial charge < -0.3 is 14.5 Å². The minimum absolute atomic E-state index is 0.0821. The van der Waals surface area contributed by atoms with Crippen LogP contribution in [0.2, 0.25) is 0 Å². The number of rotatable bonds is 5. The number of hydrogen-bond acceptors (Lipinski definition) is 3. The van der Waals surface area contributed by atoms with E-state index in [0.717, 1.165) is 30.4 Å². The Morgan fingerprint density at radius 3 is 2.45 bits per heavy atom. The SMILES string of the molecule is Cc1cccc(-c2ccc(C[C@@]3(C(=O)N(C)C)CN(C(=O)C4CCC4)CCO3)cc2)c1. The highest BCUT2D eigenvalue weighted by molar-refractivity contribution is 5.87. The van der Waals surface area contributed by atoms with Crippen molar-refractivity contribution in [3.8, 4) is 11.1 Å². The summed E-state index contributed by atoms with van der Waals surface area (Å²) in [6, 6.07) is 16.7. The first-order valence-corrected chi connectivity index (χ1v) is 11.2. The number of nitrogens with zero attached hydrogens (tertiary/aromatic N) is 2. The summed E-state index contributed by atoms with van der Waals surface area (Å²) in [5.74, 6) is 0.223. The predicted octanol–water partition coefficient (Wildman–Crippen LogP) is 3.69. The van der Waals surface area contributed by atoms with Gasteiger partial charge in [-0.15, -0.1) is 0 Å². The van der Waals surface area contributed by atoms with E-state index in [1.54, 1.807) is 19.0 Å². The average Bonchev–Trinajstić information content (AvgIpc) is 2.72.